The lowest BCUT2D eigenvalue weighted by molar-refractivity contribution is -0.130. The van der Waals surface area contributed by atoms with E-state index in [1.54, 1.807) is 18.3 Å². The summed E-state index contributed by atoms with van der Waals surface area (Å²) in [4.78, 5) is 30.7. The number of aromatic nitrogens is 1. The number of Topliss-reactive ketones (excluding diaryl/α,β-unsaturated/α-hetero) is 1. The molecule has 1 aliphatic rings. The summed E-state index contributed by atoms with van der Waals surface area (Å²) < 4.78 is 25.0. The number of terminal acetylenes is 1. The molecule has 1 amide bonds. The SMILES string of the molecule is C#CS(=O)(=O)CC[C@@H](NC(=O)[C@@H](CC(=O)CC)Cc1nc2ccc(C(C)C)cc2s1)C1CCCCC1. The van der Waals surface area contributed by atoms with E-state index in [-0.39, 0.29) is 42.2 Å². The summed E-state index contributed by atoms with van der Waals surface area (Å²) in [7, 11) is -3.59. The fourth-order valence-electron chi connectivity index (χ4n) is 4.93. The van der Waals surface area contributed by atoms with Crippen molar-refractivity contribution < 1.29 is 18.0 Å². The molecule has 6 nitrogen and oxygen atoms in total. The predicted octanol–water partition coefficient (Wildman–Crippen LogP) is 5.41. The Labute approximate surface area is 219 Å². The van der Waals surface area contributed by atoms with Crippen molar-refractivity contribution in [3.05, 3.63) is 28.8 Å². The molecule has 0 radical (unpaired) electrons. The van der Waals surface area contributed by atoms with Gasteiger partial charge in [0.25, 0.3) is 0 Å². The summed E-state index contributed by atoms with van der Waals surface area (Å²) in [5.74, 6) is -0.238. The Hall–Kier alpha value is -2.24. The molecular weight excluding hydrogens is 492 g/mol. The van der Waals surface area contributed by atoms with Gasteiger partial charge in [-0.05, 0) is 48.8 Å². The van der Waals surface area contributed by atoms with Gasteiger partial charge in [0.05, 0.1) is 26.9 Å². The number of sulfone groups is 1. The van der Waals surface area contributed by atoms with Crippen molar-refractivity contribution in [2.45, 2.75) is 90.5 Å². The van der Waals surface area contributed by atoms with Crippen LogP contribution in [0.25, 0.3) is 10.2 Å². The number of ketones is 1. The van der Waals surface area contributed by atoms with E-state index in [0.717, 1.165) is 47.3 Å². The van der Waals surface area contributed by atoms with Crippen LogP contribution in [0.3, 0.4) is 0 Å². The molecule has 1 aromatic carbocycles. The Balaban J connectivity index is 1.80. The van der Waals surface area contributed by atoms with Crippen LogP contribution in [0.4, 0.5) is 0 Å². The molecule has 1 saturated carbocycles. The third-order valence-corrected chi connectivity index (χ3v) is 9.38. The van der Waals surface area contributed by atoms with Crippen molar-refractivity contribution in [1.82, 2.24) is 10.3 Å². The van der Waals surface area contributed by atoms with Crippen LogP contribution in [0.2, 0.25) is 0 Å². The van der Waals surface area contributed by atoms with Crippen LogP contribution in [-0.2, 0) is 25.8 Å². The minimum absolute atomic E-state index is 0.0301. The Morgan fingerprint density at radius 3 is 2.58 bits per heavy atom. The van der Waals surface area contributed by atoms with E-state index in [1.807, 2.05) is 11.3 Å². The number of nitrogens with one attached hydrogen (secondary N) is 1. The van der Waals surface area contributed by atoms with Gasteiger partial charge in [0.1, 0.15) is 5.78 Å². The van der Waals surface area contributed by atoms with Gasteiger partial charge >= 0.3 is 0 Å². The van der Waals surface area contributed by atoms with Gasteiger partial charge in [0.2, 0.25) is 15.7 Å². The first-order chi connectivity index (χ1) is 17.1. The molecule has 0 saturated heterocycles. The lowest BCUT2D eigenvalue weighted by Crippen LogP contribution is -2.45. The van der Waals surface area contributed by atoms with Crippen LogP contribution in [0.1, 0.15) is 88.6 Å². The third kappa shape index (κ3) is 7.88. The number of carbonyl (C=O) groups is 2. The molecule has 0 aliphatic heterocycles. The maximum absolute atomic E-state index is 13.5. The summed E-state index contributed by atoms with van der Waals surface area (Å²) >= 11 is 1.57. The number of carbonyl (C=O) groups excluding carboxylic acids is 2. The van der Waals surface area contributed by atoms with E-state index in [4.69, 9.17) is 11.4 Å². The Kier molecular flexibility index (Phi) is 10.1. The molecule has 36 heavy (non-hydrogen) atoms. The number of thiazole rings is 1. The largest absolute Gasteiger partial charge is 0.353 e. The highest BCUT2D eigenvalue weighted by Gasteiger charge is 2.30. The molecule has 2 aromatic rings. The van der Waals surface area contributed by atoms with Gasteiger partial charge in [-0.3, -0.25) is 9.59 Å². The molecule has 0 unspecified atom stereocenters. The highest BCUT2D eigenvalue weighted by Crippen LogP contribution is 2.30. The topological polar surface area (TPSA) is 93.2 Å². The molecule has 3 rings (SSSR count). The smallest absolute Gasteiger partial charge is 0.224 e. The third-order valence-electron chi connectivity index (χ3n) is 7.21. The molecular formula is C28H38N2O4S2. The second-order valence-electron chi connectivity index (χ2n) is 10.2. The molecule has 8 heteroatoms. The Morgan fingerprint density at radius 2 is 1.94 bits per heavy atom. The van der Waals surface area contributed by atoms with Crippen LogP contribution in [0.15, 0.2) is 18.2 Å². The van der Waals surface area contributed by atoms with Gasteiger partial charge in [0.15, 0.2) is 0 Å². The van der Waals surface area contributed by atoms with Crippen LogP contribution in [0.5, 0.6) is 0 Å². The summed E-state index contributed by atoms with van der Waals surface area (Å²) in [6, 6.07) is 5.98. The Bertz CT molecular complexity index is 1200. The van der Waals surface area contributed by atoms with E-state index in [2.05, 4.69) is 31.3 Å². The standard InChI is InChI=1S/C28H38N2O4S2/c1-5-23(31)16-22(18-27-29-25-13-12-21(19(3)4)17-26(25)35-27)28(32)30-24(14-15-36(33,34)6-2)20-10-8-7-9-11-20/h2,12-13,17,19-20,22,24H,5,7-11,14-16,18H2,1,3-4H3,(H,30,32)/t22-,24+/m0/s1. The number of amides is 1. The van der Waals surface area contributed by atoms with E-state index in [0.29, 0.717) is 18.8 Å². The van der Waals surface area contributed by atoms with Crippen molar-refractivity contribution in [3.8, 4) is 11.7 Å². The zero-order chi connectivity index (χ0) is 26.3. The molecule has 1 N–H and O–H groups in total. The number of fused-ring (bicyclic) bond motifs is 1. The number of hydrogen-bond acceptors (Lipinski definition) is 6. The molecule has 1 aromatic heterocycles. The summed E-state index contributed by atoms with van der Waals surface area (Å²) in [6.07, 6.45) is 11.6. The second-order valence-corrected chi connectivity index (χ2v) is 13.2. The zero-order valence-corrected chi connectivity index (χ0v) is 23.2. The molecule has 1 aliphatic carbocycles. The lowest BCUT2D eigenvalue weighted by Gasteiger charge is -2.32. The van der Waals surface area contributed by atoms with Crippen molar-refractivity contribution >= 4 is 43.1 Å². The molecule has 2 atom stereocenters. The summed E-state index contributed by atoms with van der Waals surface area (Å²) in [5.41, 5.74) is 2.14. The average molecular weight is 531 g/mol. The zero-order valence-electron chi connectivity index (χ0n) is 21.6. The predicted molar refractivity (Wildman–Crippen MR) is 147 cm³/mol. The first kappa shape index (κ1) is 28.3. The fourth-order valence-corrected chi connectivity index (χ4v) is 6.70. The number of rotatable bonds is 12. The number of nitrogens with zero attached hydrogens (tertiary/aromatic N) is 1. The van der Waals surface area contributed by atoms with E-state index in [9.17, 15) is 18.0 Å². The van der Waals surface area contributed by atoms with Gasteiger partial charge in [-0.1, -0.05) is 46.1 Å². The first-order valence-corrected chi connectivity index (χ1v) is 15.5. The molecule has 196 valence electrons. The van der Waals surface area contributed by atoms with E-state index in [1.165, 1.54) is 5.56 Å². The number of benzene rings is 1. The van der Waals surface area contributed by atoms with Gasteiger partial charge in [0, 0.05) is 30.6 Å². The highest BCUT2D eigenvalue weighted by molar-refractivity contribution is 7.96. The maximum Gasteiger partial charge on any atom is 0.224 e. The minimum atomic E-state index is -3.59. The molecule has 1 fully saturated rings. The van der Waals surface area contributed by atoms with Crippen molar-refractivity contribution in [1.29, 1.82) is 0 Å². The summed E-state index contributed by atoms with van der Waals surface area (Å²) in [5, 5.41) is 5.85. The average Bonchev–Trinajstić information content (AvgIpc) is 3.28. The van der Waals surface area contributed by atoms with Crippen LogP contribution >= 0.6 is 11.3 Å². The van der Waals surface area contributed by atoms with Gasteiger partial charge in [-0.2, -0.15) is 0 Å². The van der Waals surface area contributed by atoms with E-state index < -0.39 is 15.8 Å². The van der Waals surface area contributed by atoms with Crippen molar-refractivity contribution in [3.63, 3.8) is 0 Å². The first-order valence-electron chi connectivity index (χ1n) is 13.0. The minimum Gasteiger partial charge on any atom is -0.353 e. The monoisotopic (exact) mass is 530 g/mol. The van der Waals surface area contributed by atoms with Crippen molar-refractivity contribution in [2.24, 2.45) is 11.8 Å². The van der Waals surface area contributed by atoms with Gasteiger partial charge < -0.3 is 5.32 Å². The normalized spacial score (nSPS) is 16.5. The van der Waals surface area contributed by atoms with Gasteiger partial charge in [-0.15, -0.1) is 17.8 Å². The molecule has 0 spiro atoms. The quantitative estimate of drug-likeness (QED) is 0.293. The van der Waals surface area contributed by atoms with Crippen LogP contribution < -0.4 is 5.32 Å². The highest BCUT2D eigenvalue weighted by atomic mass is 32.2. The lowest BCUT2D eigenvalue weighted by atomic mass is 9.82. The Morgan fingerprint density at radius 1 is 1.22 bits per heavy atom. The second kappa shape index (κ2) is 12.8. The maximum atomic E-state index is 13.5. The van der Waals surface area contributed by atoms with Crippen molar-refractivity contribution in [2.75, 3.05) is 5.75 Å². The molecule has 0 bridgehead atoms. The van der Waals surface area contributed by atoms with E-state index >= 15 is 0 Å². The molecule has 1 heterocycles. The van der Waals surface area contributed by atoms with Crippen LogP contribution in [-0.4, -0.2) is 36.9 Å². The van der Waals surface area contributed by atoms with Crippen LogP contribution in [0, 0.1) is 23.5 Å². The fraction of sp³-hybridized carbons (Fsp3) is 0.607. The van der Waals surface area contributed by atoms with Gasteiger partial charge in [-0.25, -0.2) is 13.4 Å². The summed E-state index contributed by atoms with van der Waals surface area (Å²) in [6.45, 7) is 6.10. The number of hydrogen-bond donors (Lipinski definition) is 1.